The maximum absolute atomic E-state index is 13.5. The first kappa shape index (κ1) is 20.6. The Bertz CT molecular complexity index is 1150. The lowest BCUT2D eigenvalue weighted by molar-refractivity contribution is 0.102. The summed E-state index contributed by atoms with van der Waals surface area (Å²) in [5, 5.41) is 11.7. The van der Waals surface area contributed by atoms with Gasteiger partial charge in [-0.05, 0) is 43.2 Å². The van der Waals surface area contributed by atoms with Crippen LogP contribution in [0.25, 0.3) is 0 Å². The van der Waals surface area contributed by atoms with Gasteiger partial charge < -0.3 is 5.32 Å². The number of halogens is 1. The predicted octanol–water partition coefficient (Wildman–Crippen LogP) is 3.50. The quantitative estimate of drug-likeness (QED) is 0.648. The van der Waals surface area contributed by atoms with Crippen LogP contribution in [0.2, 0.25) is 0 Å². The van der Waals surface area contributed by atoms with Crippen molar-refractivity contribution >= 4 is 33.0 Å². The normalized spacial score (nSPS) is 17.6. The summed E-state index contributed by atoms with van der Waals surface area (Å²) in [4.78, 5) is 12.3. The number of nitrogens with one attached hydrogen (secondary N) is 1. The largest absolute Gasteiger partial charge is 0.320 e. The zero-order valence-corrected chi connectivity index (χ0v) is 17.5. The average molecular weight is 447 g/mol. The SMILES string of the molecule is O=C(Nc1ccccc1)c1nnc(C2CCCN(S(=O)(=O)c3cccc(F)c3)C2)s1. The van der Waals surface area contributed by atoms with Gasteiger partial charge in [0.15, 0.2) is 0 Å². The third kappa shape index (κ3) is 4.40. The van der Waals surface area contributed by atoms with Gasteiger partial charge in [0.25, 0.3) is 5.91 Å². The van der Waals surface area contributed by atoms with Gasteiger partial charge in [-0.3, -0.25) is 4.79 Å². The molecule has 1 aliphatic heterocycles. The van der Waals surface area contributed by atoms with E-state index < -0.39 is 15.8 Å². The number of carbonyl (C=O) groups excluding carboxylic acids is 1. The van der Waals surface area contributed by atoms with Crippen molar-refractivity contribution in [3.63, 3.8) is 0 Å². The zero-order valence-electron chi connectivity index (χ0n) is 15.9. The molecule has 3 aromatic rings. The Morgan fingerprint density at radius 2 is 1.93 bits per heavy atom. The number of amides is 1. The van der Waals surface area contributed by atoms with Gasteiger partial charge in [0.1, 0.15) is 10.8 Å². The number of rotatable bonds is 5. The summed E-state index contributed by atoms with van der Waals surface area (Å²) in [6, 6.07) is 14.0. The molecular formula is C20H19FN4O3S2. The van der Waals surface area contributed by atoms with Gasteiger partial charge in [-0.15, -0.1) is 10.2 Å². The Morgan fingerprint density at radius 1 is 1.13 bits per heavy atom. The summed E-state index contributed by atoms with van der Waals surface area (Å²) in [5.41, 5.74) is 0.657. The van der Waals surface area contributed by atoms with Crippen LogP contribution >= 0.6 is 11.3 Å². The molecule has 0 spiro atoms. The van der Waals surface area contributed by atoms with Crippen LogP contribution in [0.5, 0.6) is 0 Å². The standard InChI is InChI=1S/C20H19FN4O3S2/c21-15-7-4-10-17(12-15)30(27,28)25-11-5-6-14(13-25)19-23-24-20(29-19)18(26)22-16-8-2-1-3-9-16/h1-4,7-10,12,14H,5-6,11,13H2,(H,22,26). The Labute approximate surface area is 177 Å². The highest BCUT2D eigenvalue weighted by Crippen LogP contribution is 2.32. The van der Waals surface area contributed by atoms with Gasteiger partial charge >= 0.3 is 0 Å². The Kier molecular flexibility index (Phi) is 5.89. The molecule has 30 heavy (non-hydrogen) atoms. The number of hydrogen-bond donors (Lipinski definition) is 1. The highest BCUT2D eigenvalue weighted by molar-refractivity contribution is 7.89. The van der Waals surface area contributed by atoms with E-state index >= 15 is 0 Å². The van der Waals surface area contributed by atoms with Gasteiger partial charge in [-0.25, -0.2) is 12.8 Å². The van der Waals surface area contributed by atoms with Crippen molar-refractivity contribution in [2.45, 2.75) is 23.7 Å². The molecule has 0 radical (unpaired) electrons. The number of hydrogen-bond acceptors (Lipinski definition) is 6. The first-order valence-corrected chi connectivity index (χ1v) is 11.6. The van der Waals surface area contributed by atoms with E-state index in [0.29, 0.717) is 23.7 Å². The fraction of sp³-hybridized carbons (Fsp3) is 0.250. The molecule has 1 unspecified atom stereocenters. The van der Waals surface area contributed by atoms with Crippen molar-refractivity contribution in [2.75, 3.05) is 18.4 Å². The molecule has 1 aliphatic rings. The Hall–Kier alpha value is -2.69. The summed E-state index contributed by atoms with van der Waals surface area (Å²) < 4.78 is 40.6. The number of benzene rings is 2. The molecule has 1 saturated heterocycles. The monoisotopic (exact) mass is 446 g/mol. The number of anilines is 1. The summed E-state index contributed by atoms with van der Waals surface area (Å²) in [6.07, 6.45) is 1.38. The van der Waals surface area contributed by atoms with Crippen LogP contribution < -0.4 is 5.32 Å². The smallest absolute Gasteiger partial charge is 0.286 e. The van der Waals surface area contributed by atoms with Gasteiger partial charge in [-0.2, -0.15) is 4.31 Å². The fourth-order valence-electron chi connectivity index (χ4n) is 3.34. The molecule has 1 N–H and O–H groups in total. The van der Waals surface area contributed by atoms with Crippen molar-refractivity contribution in [3.05, 3.63) is 70.4 Å². The predicted molar refractivity (Wildman–Crippen MR) is 111 cm³/mol. The lowest BCUT2D eigenvalue weighted by Gasteiger charge is -2.30. The molecule has 156 valence electrons. The lowest BCUT2D eigenvalue weighted by Crippen LogP contribution is -2.39. The molecule has 1 aromatic heterocycles. The number of aromatic nitrogens is 2. The highest BCUT2D eigenvalue weighted by atomic mass is 32.2. The van der Waals surface area contributed by atoms with E-state index in [1.165, 1.54) is 22.5 Å². The van der Waals surface area contributed by atoms with Gasteiger partial charge in [0, 0.05) is 24.7 Å². The molecule has 1 amide bonds. The first-order valence-electron chi connectivity index (χ1n) is 9.39. The third-order valence-corrected chi connectivity index (χ3v) is 7.78. The molecule has 1 atom stereocenters. The van der Waals surface area contributed by atoms with E-state index in [4.69, 9.17) is 0 Å². The molecule has 0 aliphatic carbocycles. The van der Waals surface area contributed by atoms with E-state index in [0.717, 1.165) is 23.8 Å². The number of piperidine rings is 1. The molecule has 2 heterocycles. The number of nitrogens with zero attached hydrogens (tertiary/aromatic N) is 3. The van der Waals surface area contributed by atoms with Crippen LogP contribution in [0.15, 0.2) is 59.5 Å². The van der Waals surface area contributed by atoms with Crippen LogP contribution in [-0.2, 0) is 10.0 Å². The minimum absolute atomic E-state index is 0.0664. The number of para-hydroxylation sites is 1. The lowest BCUT2D eigenvalue weighted by atomic mass is 10.0. The van der Waals surface area contributed by atoms with Gasteiger partial charge in [-0.1, -0.05) is 35.6 Å². The van der Waals surface area contributed by atoms with E-state index in [1.54, 1.807) is 12.1 Å². The molecule has 7 nitrogen and oxygen atoms in total. The highest BCUT2D eigenvalue weighted by Gasteiger charge is 2.33. The van der Waals surface area contributed by atoms with Crippen LogP contribution in [0, 0.1) is 5.82 Å². The second-order valence-corrected chi connectivity index (χ2v) is 9.87. The summed E-state index contributed by atoms with van der Waals surface area (Å²) >= 11 is 1.16. The van der Waals surface area contributed by atoms with Crippen molar-refractivity contribution < 1.29 is 17.6 Å². The van der Waals surface area contributed by atoms with Crippen molar-refractivity contribution in [1.82, 2.24) is 14.5 Å². The van der Waals surface area contributed by atoms with Crippen molar-refractivity contribution in [3.8, 4) is 0 Å². The van der Waals surface area contributed by atoms with Crippen LogP contribution in [0.4, 0.5) is 10.1 Å². The fourth-order valence-corrected chi connectivity index (χ4v) is 5.76. The van der Waals surface area contributed by atoms with Crippen molar-refractivity contribution in [2.24, 2.45) is 0 Å². The molecule has 1 fully saturated rings. The van der Waals surface area contributed by atoms with E-state index in [9.17, 15) is 17.6 Å². The number of carbonyl (C=O) groups is 1. The van der Waals surface area contributed by atoms with Gasteiger partial charge in [0.2, 0.25) is 15.0 Å². The van der Waals surface area contributed by atoms with Crippen molar-refractivity contribution in [1.29, 1.82) is 0 Å². The molecule has 10 heteroatoms. The van der Waals surface area contributed by atoms with E-state index in [2.05, 4.69) is 15.5 Å². The van der Waals surface area contributed by atoms with Crippen LogP contribution in [0.3, 0.4) is 0 Å². The number of sulfonamides is 1. The van der Waals surface area contributed by atoms with E-state index in [1.807, 2.05) is 18.2 Å². The summed E-state index contributed by atoms with van der Waals surface area (Å²) in [5.74, 6) is -1.12. The Morgan fingerprint density at radius 3 is 2.70 bits per heavy atom. The average Bonchev–Trinajstić information content (AvgIpc) is 3.25. The minimum atomic E-state index is -3.81. The molecule has 2 aromatic carbocycles. The maximum Gasteiger partial charge on any atom is 0.286 e. The molecule has 0 saturated carbocycles. The summed E-state index contributed by atoms with van der Waals surface area (Å²) in [6.45, 7) is 0.573. The topological polar surface area (TPSA) is 92.3 Å². The molecule has 0 bridgehead atoms. The molecule has 4 rings (SSSR count). The third-order valence-electron chi connectivity index (χ3n) is 4.83. The second-order valence-electron chi connectivity index (χ2n) is 6.93. The second kappa shape index (κ2) is 8.58. The minimum Gasteiger partial charge on any atom is -0.320 e. The first-order chi connectivity index (χ1) is 14.4. The van der Waals surface area contributed by atoms with Crippen LogP contribution in [-0.4, -0.2) is 41.9 Å². The summed E-state index contributed by atoms with van der Waals surface area (Å²) in [7, 11) is -3.81. The van der Waals surface area contributed by atoms with Crippen LogP contribution in [0.1, 0.15) is 33.6 Å². The maximum atomic E-state index is 13.5. The van der Waals surface area contributed by atoms with Gasteiger partial charge in [0.05, 0.1) is 4.90 Å². The zero-order chi connectivity index (χ0) is 21.1. The van der Waals surface area contributed by atoms with E-state index in [-0.39, 0.29) is 28.3 Å². The Balaban J connectivity index is 1.48. The molecular weight excluding hydrogens is 427 g/mol.